The predicted octanol–water partition coefficient (Wildman–Crippen LogP) is 2.35. The van der Waals surface area contributed by atoms with E-state index in [4.69, 9.17) is 0 Å². The lowest BCUT2D eigenvalue weighted by atomic mass is 10.1. The van der Waals surface area contributed by atoms with E-state index in [0.717, 1.165) is 28.8 Å². The van der Waals surface area contributed by atoms with E-state index >= 15 is 0 Å². The molecule has 0 N–H and O–H groups in total. The number of hydrogen-bond donors (Lipinski definition) is 0. The molecule has 0 bridgehead atoms. The van der Waals surface area contributed by atoms with Crippen molar-refractivity contribution in [2.45, 2.75) is 0 Å². The van der Waals surface area contributed by atoms with Crippen LogP contribution in [0, 0.1) is 17.5 Å². The smallest absolute Gasteiger partial charge is 0.266 e. The standard InChI is InChI=1S/C15H5F3N2O2/c16-6-1-2-12-8(3-6)13(21)14-19-11-5-10(18)9(17)4-7(11)15(22)20(12)14/h1-5H. The van der Waals surface area contributed by atoms with Gasteiger partial charge in [-0.15, -0.1) is 0 Å². The number of carbonyl (C=O) groups excluding carboxylic acids is 1. The highest BCUT2D eigenvalue weighted by molar-refractivity contribution is 6.13. The summed E-state index contributed by atoms with van der Waals surface area (Å²) in [6.45, 7) is 0. The molecule has 1 aromatic heterocycles. The van der Waals surface area contributed by atoms with E-state index in [0.29, 0.717) is 0 Å². The molecule has 2 heterocycles. The van der Waals surface area contributed by atoms with Crippen molar-refractivity contribution in [3.8, 4) is 5.69 Å². The van der Waals surface area contributed by atoms with Gasteiger partial charge in [-0.2, -0.15) is 0 Å². The fourth-order valence-electron chi connectivity index (χ4n) is 2.56. The normalized spacial score (nSPS) is 12.6. The molecule has 7 heteroatoms. The molecular formula is C15H5F3N2O2. The van der Waals surface area contributed by atoms with Gasteiger partial charge in [0.25, 0.3) is 5.56 Å². The number of aromatic nitrogens is 2. The second kappa shape index (κ2) is 4.03. The van der Waals surface area contributed by atoms with Crippen LogP contribution in [0.5, 0.6) is 0 Å². The van der Waals surface area contributed by atoms with Crippen LogP contribution in [-0.2, 0) is 0 Å². The van der Waals surface area contributed by atoms with Gasteiger partial charge in [-0.3, -0.25) is 14.2 Å². The fourth-order valence-corrected chi connectivity index (χ4v) is 2.56. The lowest BCUT2D eigenvalue weighted by molar-refractivity contribution is 0.103. The molecule has 22 heavy (non-hydrogen) atoms. The molecule has 0 radical (unpaired) electrons. The average molecular weight is 302 g/mol. The zero-order valence-corrected chi connectivity index (χ0v) is 10.7. The summed E-state index contributed by atoms with van der Waals surface area (Å²) >= 11 is 0. The van der Waals surface area contributed by atoms with Gasteiger partial charge in [-0.1, -0.05) is 0 Å². The Bertz CT molecular complexity index is 1060. The van der Waals surface area contributed by atoms with Crippen molar-refractivity contribution in [1.82, 2.24) is 9.55 Å². The maximum atomic E-state index is 13.3. The van der Waals surface area contributed by atoms with Crippen LogP contribution in [0.15, 0.2) is 35.1 Å². The summed E-state index contributed by atoms with van der Waals surface area (Å²) in [6.07, 6.45) is 0. The van der Waals surface area contributed by atoms with Crippen molar-refractivity contribution < 1.29 is 18.0 Å². The van der Waals surface area contributed by atoms with E-state index in [-0.39, 0.29) is 28.0 Å². The van der Waals surface area contributed by atoms with Gasteiger partial charge in [0, 0.05) is 6.07 Å². The fraction of sp³-hybridized carbons (Fsp3) is 0. The van der Waals surface area contributed by atoms with Gasteiger partial charge in [0.05, 0.1) is 22.2 Å². The van der Waals surface area contributed by atoms with Gasteiger partial charge >= 0.3 is 0 Å². The SMILES string of the molecule is O=C1c2cc(F)ccc2-n2c1nc1cc(F)c(F)cc1c2=O. The van der Waals surface area contributed by atoms with Crippen LogP contribution in [0.3, 0.4) is 0 Å². The summed E-state index contributed by atoms with van der Waals surface area (Å²) in [4.78, 5) is 28.6. The van der Waals surface area contributed by atoms with Crippen LogP contribution < -0.4 is 5.56 Å². The number of benzene rings is 2. The molecule has 0 aliphatic carbocycles. The molecule has 0 spiro atoms. The van der Waals surface area contributed by atoms with Crippen molar-refractivity contribution in [3.63, 3.8) is 0 Å². The first-order valence-corrected chi connectivity index (χ1v) is 6.24. The van der Waals surface area contributed by atoms with Crippen molar-refractivity contribution in [3.05, 3.63) is 69.5 Å². The monoisotopic (exact) mass is 302 g/mol. The van der Waals surface area contributed by atoms with Crippen molar-refractivity contribution in [2.75, 3.05) is 0 Å². The number of carbonyl (C=O) groups is 1. The largest absolute Gasteiger partial charge is 0.285 e. The molecule has 1 aliphatic rings. The Balaban J connectivity index is 2.17. The van der Waals surface area contributed by atoms with E-state index < -0.39 is 28.8 Å². The average Bonchev–Trinajstić information content (AvgIpc) is 2.75. The van der Waals surface area contributed by atoms with Gasteiger partial charge in [-0.05, 0) is 24.3 Å². The molecule has 0 saturated heterocycles. The minimum atomic E-state index is -1.18. The second-order valence-corrected chi connectivity index (χ2v) is 4.85. The highest BCUT2D eigenvalue weighted by Gasteiger charge is 2.31. The maximum absolute atomic E-state index is 13.3. The Morgan fingerprint density at radius 3 is 2.45 bits per heavy atom. The molecule has 0 fully saturated rings. The van der Waals surface area contributed by atoms with E-state index in [1.807, 2.05) is 0 Å². The lowest BCUT2D eigenvalue weighted by Crippen LogP contribution is -2.21. The van der Waals surface area contributed by atoms with E-state index in [2.05, 4.69) is 4.98 Å². The molecule has 108 valence electrons. The number of fused-ring (bicyclic) bond motifs is 4. The van der Waals surface area contributed by atoms with Crippen LogP contribution in [0.25, 0.3) is 16.6 Å². The summed E-state index contributed by atoms with van der Waals surface area (Å²) in [5.74, 6) is -3.87. The van der Waals surface area contributed by atoms with Gasteiger partial charge in [-0.25, -0.2) is 18.2 Å². The van der Waals surface area contributed by atoms with E-state index in [1.165, 1.54) is 6.07 Å². The Morgan fingerprint density at radius 2 is 1.68 bits per heavy atom. The molecule has 4 nitrogen and oxygen atoms in total. The second-order valence-electron chi connectivity index (χ2n) is 4.85. The molecule has 3 aromatic rings. The number of hydrogen-bond acceptors (Lipinski definition) is 3. The Kier molecular flexibility index (Phi) is 2.34. The topological polar surface area (TPSA) is 52.0 Å². The van der Waals surface area contributed by atoms with Crippen molar-refractivity contribution in [2.24, 2.45) is 0 Å². The van der Waals surface area contributed by atoms with E-state index in [1.54, 1.807) is 0 Å². The number of nitrogens with zero attached hydrogens (tertiary/aromatic N) is 2. The molecule has 0 atom stereocenters. The number of rotatable bonds is 0. The maximum Gasteiger partial charge on any atom is 0.266 e. The molecule has 0 amide bonds. The Hall–Kier alpha value is -2.96. The summed E-state index contributed by atoms with van der Waals surface area (Å²) in [7, 11) is 0. The zero-order valence-electron chi connectivity index (χ0n) is 10.7. The highest BCUT2D eigenvalue weighted by atomic mass is 19.2. The minimum Gasteiger partial charge on any atom is -0.285 e. The molecule has 2 aromatic carbocycles. The van der Waals surface area contributed by atoms with Gasteiger partial charge in [0.1, 0.15) is 5.82 Å². The molecule has 0 unspecified atom stereocenters. The van der Waals surface area contributed by atoms with Crippen LogP contribution in [0.2, 0.25) is 0 Å². The van der Waals surface area contributed by atoms with Crippen molar-refractivity contribution in [1.29, 1.82) is 0 Å². The number of ketones is 1. The first-order chi connectivity index (χ1) is 10.5. The summed E-state index contributed by atoms with van der Waals surface area (Å²) < 4.78 is 40.9. The Labute approximate surface area is 120 Å². The first-order valence-electron chi connectivity index (χ1n) is 6.24. The van der Waals surface area contributed by atoms with Crippen LogP contribution in [0.4, 0.5) is 13.2 Å². The molecule has 4 rings (SSSR count). The van der Waals surface area contributed by atoms with Crippen LogP contribution in [-0.4, -0.2) is 15.3 Å². The predicted molar refractivity (Wildman–Crippen MR) is 70.6 cm³/mol. The van der Waals surface area contributed by atoms with Gasteiger partial charge in [0.15, 0.2) is 17.5 Å². The number of halogens is 3. The van der Waals surface area contributed by atoms with Gasteiger partial charge in [0.2, 0.25) is 5.78 Å². The molecular weight excluding hydrogens is 297 g/mol. The van der Waals surface area contributed by atoms with Crippen molar-refractivity contribution >= 4 is 16.7 Å². The highest BCUT2D eigenvalue weighted by Crippen LogP contribution is 2.27. The quantitative estimate of drug-likeness (QED) is 0.501. The van der Waals surface area contributed by atoms with Crippen LogP contribution in [0.1, 0.15) is 16.2 Å². The lowest BCUT2D eigenvalue weighted by Gasteiger charge is -2.05. The molecule has 1 aliphatic heterocycles. The third-order valence-electron chi connectivity index (χ3n) is 3.56. The summed E-state index contributed by atoms with van der Waals surface area (Å²) in [5.41, 5.74) is -0.680. The van der Waals surface area contributed by atoms with Gasteiger partial charge < -0.3 is 0 Å². The summed E-state index contributed by atoms with van der Waals surface area (Å²) in [6, 6.07) is 4.86. The zero-order chi connectivity index (χ0) is 15.6. The molecule has 0 saturated carbocycles. The Morgan fingerprint density at radius 1 is 0.955 bits per heavy atom. The third-order valence-corrected chi connectivity index (χ3v) is 3.56. The third kappa shape index (κ3) is 1.50. The van der Waals surface area contributed by atoms with Crippen LogP contribution >= 0.6 is 0 Å². The summed E-state index contributed by atoms with van der Waals surface area (Å²) in [5, 5.41) is -0.160. The minimum absolute atomic E-state index is 0.0131. The first kappa shape index (κ1) is 12.8. The van der Waals surface area contributed by atoms with E-state index in [9.17, 15) is 22.8 Å².